The van der Waals surface area contributed by atoms with E-state index in [0.717, 1.165) is 64.2 Å². The fraction of sp³-hybridized carbons (Fsp3) is 0.400. The molecule has 1 saturated carbocycles. The van der Waals surface area contributed by atoms with Crippen LogP contribution in [0.5, 0.6) is 0 Å². The second-order valence-electron chi connectivity index (χ2n) is 16.0. The second-order valence-corrected chi connectivity index (χ2v) is 21.0. The summed E-state index contributed by atoms with van der Waals surface area (Å²) < 4.78 is 6.13. The van der Waals surface area contributed by atoms with Crippen LogP contribution >= 0.6 is 0 Å². The molecular formula is C45H51IrN3OSi-2. The number of furan rings is 1. The van der Waals surface area contributed by atoms with Crippen LogP contribution in [0.15, 0.2) is 71.4 Å². The number of hydrogen-bond acceptors (Lipinski definition) is 4. The Morgan fingerprint density at radius 3 is 2.43 bits per heavy atom. The average Bonchev–Trinajstić information content (AvgIpc) is 3.49. The van der Waals surface area contributed by atoms with Crippen molar-refractivity contribution in [2.24, 2.45) is 5.92 Å². The van der Waals surface area contributed by atoms with E-state index in [2.05, 4.69) is 104 Å². The van der Waals surface area contributed by atoms with Crippen molar-refractivity contribution in [1.82, 2.24) is 15.0 Å². The van der Waals surface area contributed by atoms with Crippen molar-refractivity contribution in [1.29, 1.82) is 0 Å². The van der Waals surface area contributed by atoms with Crippen molar-refractivity contribution in [3.8, 4) is 22.5 Å². The van der Waals surface area contributed by atoms with E-state index in [1.165, 1.54) is 77.9 Å². The van der Waals surface area contributed by atoms with Gasteiger partial charge >= 0.3 is 0 Å². The number of aryl methyl sites for hydroxylation is 2. The Labute approximate surface area is 319 Å². The minimum atomic E-state index is -1.38. The van der Waals surface area contributed by atoms with Crippen LogP contribution in [0.1, 0.15) is 92.7 Å². The Kier molecular flexibility index (Phi) is 11.8. The van der Waals surface area contributed by atoms with E-state index in [0.29, 0.717) is 11.6 Å². The smallest absolute Gasteiger partial charge is 0.216 e. The molecule has 0 spiro atoms. The maximum absolute atomic E-state index is 6.13. The van der Waals surface area contributed by atoms with E-state index in [-0.39, 0.29) is 20.1 Å². The van der Waals surface area contributed by atoms with Crippen LogP contribution in [-0.4, -0.2) is 23.0 Å². The molecule has 6 heteroatoms. The van der Waals surface area contributed by atoms with E-state index in [4.69, 9.17) is 9.40 Å². The Bertz CT molecular complexity index is 2120. The fourth-order valence-corrected chi connectivity index (χ4v) is 9.61. The molecule has 2 aliphatic rings. The van der Waals surface area contributed by atoms with Gasteiger partial charge in [-0.3, -0.25) is 0 Å². The van der Waals surface area contributed by atoms with Crippen molar-refractivity contribution in [2.75, 3.05) is 0 Å². The first kappa shape index (κ1) is 37.3. The number of pyridine rings is 3. The molecule has 0 N–H and O–H groups in total. The molecule has 0 atom stereocenters. The van der Waals surface area contributed by atoms with Gasteiger partial charge in [-0.25, -0.2) is 4.98 Å². The third-order valence-electron chi connectivity index (χ3n) is 10.6. The van der Waals surface area contributed by atoms with Crippen molar-refractivity contribution in [3.63, 3.8) is 0 Å². The third kappa shape index (κ3) is 8.30. The second kappa shape index (κ2) is 16.1. The summed E-state index contributed by atoms with van der Waals surface area (Å²) in [6, 6.07) is 26.2. The summed E-state index contributed by atoms with van der Waals surface area (Å²) in [6.45, 7) is 13.9. The van der Waals surface area contributed by atoms with E-state index >= 15 is 0 Å². The SMILES string of the molecule is CC(C)Cc1cc(-c2[c-]ccc(C3CCCCC3)c2)ncc1[Si](C)(C)C.Cc1ccc2c(n1)oc1c(-c3nccc4c3CCCC4)[c-]ccc12.[Ir]. The molecule has 0 saturated heterocycles. The molecule has 2 aliphatic carbocycles. The first-order valence-electron chi connectivity index (χ1n) is 18.8. The molecule has 0 aliphatic heterocycles. The Morgan fingerprint density at radius 1 is 0.863 bits per heavy atom. The van der Waals surface area contributed by atoms with Crippen molar-refractivity contribution in [3.05, 3.63) is 107 Å². The van der Waals surface area contributed by atoms with E-state index in [1.54, 1.807) is 0 Å². The molecule has 267 valence electrons. The van der Waals surface area contributed by atoms with E-state index < -0.39 is 8.07 Å². The molecule has 4 aromatic heterocycles. The van der Waals surface area contributed by atoms with Gasteiger partial charge in [-0.15, -0.1) is 53.6 Å². The zero-order valence-corrected chi connectivity index (χ0v) is 34.6. The van der Waals surface area contributed by atoms with Gasteiger partial charge in [-0.05, 0) is 98.5 Å². The van der Waals surface area contributed by atoms with Crippen molar-refractivity contribution >= 4 is 35.3 Å². The van der Waals surface area contributed by atoms with Crippen LogP contribution in [0.4, 0.5) is 0 Å². The van der Waals surface area contributed by atoms with Crippen LogP contribution in [0, 0.1) is 25.0 Å². The van der Waals surface area contributed by atoms with Crippen LogP contribution in [-0.2, 0) is 39.4 Å². The van der Waals surface area contributed by atoms with Crippen LogP contribution in [0.3, 0.4) is 0 Å². The summed E-state index contributed by atoms with van der Waals surface area (Å²) in [5, 5.41) is 3.65. The van der Waals surface area contributed by atoms with Gasteiger partial charge in [0.15, 0.2) is 0 Å². The minimum absolute atomic E-state index is 0. The zero-order chi connectivity index (χ0) is 34.8. The molecule has 2 aromatic carbocycles. The summed E-state index contributed by atoms with van der Waals surface area (Å²) in [7, 11) is -1.38. The van der Waals surface area contributed by atoms with Gasteiger partial charge in [0.1, 0.15) is 0 Å². The predicted molar refractivity (Wildman–Crippen MR) is 211 cm³/mol. The van der Waals surface area contributed by atoms with Gasteiger partial charge in [0, 0.05) is 43.6 Å². The molecule has 4 heterocycles. The normalized spacial score (nSPS) is 15.0. The van der Waals surface area contributed by atoms with Gasteiger partial charge < -0.3 is 14.4 Å². The number of benzene rings is 2. The number of rotatable bonds is 6. The van der Waals surface area contributed by atoms with Gasteiger partial charge in [0.25, 0.3) is 0 Å². The van der Waals surface area contributed by atoms with E-state index in [9.17, 15) is 0 Å². The summed E-state index contributed by atoms with van der Waals surface area (Å²) in [4.78, 5) is 14.1. The molecule has 4 nitrogen and oxygen atoms in total. The monoisotopic (exact) mass is 870 g/mol. The molecule has 1 radical (unpaired) electrons. The Morgan fingerprint density at radius 2 is 1.65 bits per heavy atom. The van der Waals surface area contributed by atoms with Gasteiger partial charge in [0.05, 0.1) is 13.7 Å². The molecule has 0 amide bonds. The van der Waals surface area contributed by atoms with Crippen LogP contribution < -0.4 is 5.19 Å². The quantitative estimate of drug-likeness (QED) is 0.124. The largest absolute Gasteiger partial charge is 0.486 e. The third-order valence-corrected chi connectivity index (χ3v) is 12.6. The van der Waals surface area contributed by atoms with Crippen molar-refractivity contribution in [2.45, 2.75) is 111 Å². The number of nitrogens with zero attached hydrogens (tertiary/aromatic N) is 3. The number of fused-ring (bicyclic) bond motifs is 4. The standard InChI is InChI=1S/C24H34NSi.C21H17N2O.Ir/c1-18(2)14-22-16-23(25-17-24(22)26(3,4)5)21-13-9-12-20(15-21)19-10-7-6-8-11-19;1-13-9-10-17-16-7-4-8-18(20(16)24-21(17)23-13)19-15-6-3-2-5-14(15)11-12-22-19;/h9,12,15-19H,6-8,10-11,14H2,1-5H3;4,7,9-12H,2-3,5-6H2,1H3;/q2*-1;. The van der Waals surface area contributed by atoms with Gasteiger partial charge in [-0.1, -0.05) is 86.5 Å². The molecule has 51 heavy (non-hydrogen) atoms. The first-order chi connectivity index (χ1) is 24.2. The first-order valence-corrected chi connectivity index (χ1v) is 22.3. The van der Waals surface area contributed by atoms with Gasteiger partial charge in [0.2, 0.25) is 5.71 Å². The minimum Gasteiger partial charge on any atom is -0.486 e. The molecular weight excluding hydrogens is 819 g/mol. The summed E-state index contributed by atoms with van der Waals surface area (Å²) >= 11 is 0. The maximum atomic E-state index is 6.13. The van der Waals surface area contributed by atoms with Crippen LogP contribution in [0.25, 0.3) is 44.6 Å². The predicted octanol–water partition coefficient (Wildman–Crippen LogP) is 11.4. The molecule has 0 bridgehead atoms. The summed E-state index contributed by atoms with van der Waals surface area (Å²) in [5.41, 5.74) is 12.5. The molecule has 0 unspecified atom stereocenters. The number of aromatic nitrogens is 3. The number of hydrogen-bond donors (Lipinski definition) is 0. The Hall–Kier alpha value is -3.44. The van der Waals surface area contributed by atoms with E-state index in [1.807, 2.05) is 25.3 Å². The van der Waals surface area contributed by atoms with Crippen LogP contribution in [0.2, 0.25) is 19.6 Å². The summed E-state index contributed by atoms with van der Waals surface area (Å²) in [6.07, 6.45) is 16.8. The average molecular weight is 870 g/mol. The van der Waals surface area contributed by atoms with Gasteiger partial charge in [-0.2, -0.15) is 0 Å². The summed E-state index contributed by atoms with van der Waals surface area (Å²) in [5.74, 6) is 1.39. The molecule has 6 aromatic rings. The fourth-order valence-electron chi connectivity index (χ4n) is 8.02. The topological polar surface area (TPSA) is 51.8 Å². The maximum Gasteiger partial charge on any atom is 0.216 e. The molecule has 8 rings (SSSR count). The molecule has 1 fully saturated rings. The Balaban J connectivity index is 0.000000173. The van der Waals surface area contributed by atoms with Crippen molar-refractivity contribution < 1.29 is 24.5 Å². The zero-order valence-electron chi connectivity index (χ0n) is 31.2.